The fourth-order valence-corrected chi connectivity index (χ4v) is 4.44. The number of carbonyl (C=O) groups excluding carboxylic acids is 3. The van der Waals surface area contributed by atoms with Crippen molar-refractivity contribution in [2.45, 2.75) is 25.8 Å². The van der Waals surface area contributed by atoms with Crippen LogP contribution in [-0.4, -0.2) is 24.8 Å². The molecule has 35 heavy (non-hydrogen) atoms. The number of hydrogen-bond donors (Lipinski definition) is 2. The van der Waals surface area contributed by atoms with Crippen molar-refractivity contribution in [3.05, 3.63) is 89.2 Å². The number of methoxy groups -OCH3 is 1. The zero-order valence-corrected chi connectivity index (χ0v) is 19.5. The number of anilines is 2. The number of benzene rings is 3. The molecule has 0 aromatic heterocycles. The largest absolute Gasteiger partial charge is 0.496 e. The first-order valence-corrected chi connectivity index (χ1v) is 11.2. The first kappa shape index (κ1) is 23.9. The van der Waals surface area contributed by atoms with E-state index in [1.54, 1.807) is 11.0 Å². The minimum atomic E-state index is -0.735. The molecule has 3 N–H and O–H groups in total. The number of nitrogens with two attached hydrogens (primary N) is 1. The van der Waals surface area contributed by atoms with Gasteiger partial charge in [-0.1, -0.05) is 35.9 Å². The van der Waals surface area contributed by atoms with Crippen LogP contribution in [0.15, 0.2) is 66.7 Å². The van der Waals surface area contributed by atoms with Crippen LogP contribution in [-0.2, 0) is 9.59 Å². The minimum Gasteiger partial charge on any atom is -0.496 e. The van der Waals surface area contributed by atoms with E-state index in [0.717, 1.165) is 11.6 Å². The highest BCUT2D eigenvalue weighted by molar-refractivity contribution is 6.01. The molecular weight excluding hydrogens is 449 g/mol. The van der Waals surface area contributed by atoms with Gasteiger partial charge in [-0.3, -0.25) is 14.4 Å². The van der Waals surface area contributed by atoms with Crippen molar-refractivity contribution in [3.8, 4) is 5.75 Å². The van der Waals surface area contributed by atoms with E-state index in [4.69, 9.17) is 10.5 Å². The van der Waals surface area contributed by atoms with Gasteiger partial charge >= 0.3 is 0 Å². The maximum atomic E-state index is 14.5. The Morgan fingerprint density at radius 2 is 1.80 bits per heavy atom. The molecule has 1 aliphatic rings. The Kier molecular flexibility index (Phi) is 6.82. The fourth-order valence-electron chi connectivity index (χ4n) is 4.44. The molecule has 0 unspecified atom stereocenters. The van der Waals surface area contributed by atoms with Crippen molar-refractivity contribution < 1.29 is 23.5 Å². The number of halogens is 1. The molecule has 3 aromatic rings. The molecule has 1 fully saturated rings. The summed E-state index contributed by atoms with van der Waals surface area (Å²) in [6.07, 6.45) is 0.397. The highest BCUT2D eigenvalue weighted by Gasteiger charge is 2.42. The molecule has 1 heterocycles. The maximum Gasteiger partial charge on any atom is 0.248 e. The molecular formula is C27H26FN3O4. The van der Waals surface area contributed by atoms with E-state index in [9.17, 15) is 18.8 Å². The predicted molar refractivity (Wildman–Crippen MR) is 131 cm³/mol. The van der Waals surface area contributed by atoms with Crippen LogP contribution in [0.1, 0.15) is 40.4 Å². The van der Waals surface area contributed by atoms with Crippen LogP contribution in [0.2, 0.25) is 0 Å². The summed E-state index contributed by atoms with van der Waals surface area (Å²) in [6.45, 7) is 1.95. The van der Waals surface area contributed by atoms with Crippen LogP contribution < -0.4 is 20.7 Å². The molecule has 3 amide bonds. The number of aryl methyl sites for hydroxylation is 1. The Balaban J connectivity index is 1.78. The fraction of sp³-hybridized carbons (Fsp3) is 0.222. The Morgan fingerprint density at radius 1 is 1.09 bits per heavy atom. The topological polar surface area (TPSA) is 102 Å². The summed E-state index contributed by atoms with van der Waals surface area (Å²) in [4.78, 5) is 39.9. The Bertz CT molecular complexity index is 1280. The molecule has 0 aliphatic carbocycles. The minimum absolute atomic E-state index is 0.0723. The van der Waals surface area contributed by atoms with Crippen molar-refractivity contribution in [1.82, 2.24) is 0 Å². The SMILES string of the molecule is COc1ccccc1[C@@H]1[C@H](C(=O)Nc2cc(C(N)=O)ccc2F)CCC(=O)N1c1ccc(C)cc1. The summed E-state index contributed by atoms with van der Waals surface area (Å²) in [5.41, 5.74) is 7.58. The molecule has 1 saturated heterocycles. The number of carbonyl (C=O) groups is 3. The van der Waals surface area contributed by atoms with E-state index < -0.39 is 29.6 Å². The van der Waals surface area contributed by atoms with E-state index in [-0.39, 0.29) is 30.0 Å². The number of nitrogens with zero attached hydrogens (tertiary/aromatic N) is 1. The number of piperidine rings is 1. The average molecular weight is 476 g/mol. The zero-order chi connectivity index (χ0) is 25.1. The van der Waals surface area contributed by atoms with Crippen molar-refractivity contribution in [2.24, 2.45) is 11.7 Å². The van der Waals surface area contributed by atoms with Crippen LogP contribution >= 0.6 is 0 Å². The van der Waals surface area contributed by atoms with E-state index in [0.29, 0.717) is 17.0 Å². The Hall–Kier alpha value is -4.20. The molecule has 0 saturated carbocycles. The Morgan fingerprint density at radius 3 is 2.49 bits per heavy atom. The molecule has 8 heteroatoms. The number of rotatable bonds is 6. The van der Waals surface area contributed by atoms with Crippen LogP contribution in [0.25, 0.3) is 0 Å². The first-order valence-electron chi connectivity index (χ1n) is 11.2. The van der Waals surface area contributed by atoms with E-state index in [1.807, 2.05) is 49.4 Å². The van der Waals surface area contributed by atoms with Crippen LogP contribution in [0.4, 0.5) is 15.8 Å². The standard InChI is InChI=1S/C27H26FN3O4/c1-16-7-10-18(11-8-16)31-24(32)14-12-20(25(31)19-5-3-4-6-23(19)35-2)27(34)30-22-15-17(26(29)33)9-13-21(22)28/h3-11,13,15,20,25H,12,14H2,1-2H3,(H2,29,33)(H,30,34)/t20-,25-/m1/s1. The third kappa shape index (κ3) is 4.87. The third-order valence-electron chi connectivity index (χ3n) is 6.21. The van der Waals surface area contributed by atoms with Crippen LogP contribution in [0.5, 0.6) is 5.75 Å². The van der Waals surface area contributed by atoms with Crippen molar-refractivity contribution in [1.29, 1.82) is 0 Å². The number of nitrogens with one attached hydrogen (secondary N) is 1. The lowest BCUT2D eigenvalue weighted by Gasteiger charge is -2.41. The normalized spacial score (nSPS) is 17.7. The summed E-state index contributed by atoms with van der Waals surface area (Å²) >= 11 is 0. The molecule has 0 bridgehead atoms. The van der Waals surface area contributed by atoms with Gasteiger partial charge in [-0.15, -0.1) is 0 Å². The quantitative estimate of drug-likeness (QED) is 0.553. The molecule has 180 valence electrons. The van der Waals surface area contributed by atoms with Gasteiger partial charge in [0.2, 0.25) is 17.7 Å². The highest BCUT2D eigenvalue weighted by Crippen LogP contribution is 2.43. The number of hydrogen-bond acceptors (Lipinski definition) is 4. The van der Waals surface area contributed by atoms with Gasteiger partial charge in [-0.25, -0.2) is 4.39 Å². The van der Waals surface area contributed by atoms with Gasteiger partial charge in [0.15, 0.2) is 0 Å². The van der Waals surface area contributed by atoms with Crippen molar-refractivity contribution in [3.63, 3.8) is 0 Å². The van der Waals surface area contributed by atoms with Crippen molar-refractivity contribution >= 4 is 29.1 Å². The number of ether oxygens (including phenoxy) is 1. The van der Waals surface area contributed by atoms with Gasteiger partial charge in [0, 0.05) is 23.2 Å². The molecule has 0 radical (unpaired) electrons. The average Bonchev–Trinajstić information content (AvgIpc) is 2.85. The van der Waals surface area contributed by atoms with Crippen LogP contribution in [0.3, 0.4) is 0 Å². The summed E-state index contributed by atoms with van der Waals surface area (Å²) in [5.74, 6) is -2.23. The number of primary amides is 1. The molecule has 3 aromatic carbocycles. The molecule has 4 rings (SSSR count). The second kappa shape index (κ2) is 9.97. The monoisotopic (exact) mass is 475 g/mol. The number of amides is 3. The van der Waals surface area contributed by atoms with E-state index in [1.165, 1.54) is 19.2 Å². The van der Waals surface area contributed by atoms with Gasteiger partial charge in [0.05, 0.1) is 24.8 Å². The maximum absolute atomic E-state index is 14.5. The van der Waals surface area contributed by atoms with Gasteiger partial charge in [0.25, 0.3) is 0 Å². The number of para-hydroxylation sites is 1. The summed E-state index contributed by atoms with van der Waals surface area (Å²) in [6, 6.07) is 17.5. The van der Waals surface area contributed by atoms with E-state index >= 15 is 0 Å². The van der Waals surface area contributed by atoms with Crippen molar-refractivity contribution in [2.75, 3.05) is 17.3 Å². The summed E-state index contributed by atoms with van der Waals surface area (Å²) in [5, 5.41) is 2.61. The second-order valence-electron chi connectivity index (χ2n) is 8.48. The molecule has 2 atom stereocenters. The lowest BCUT2D eigenvalue weighted by atomic mass is 9.82. The first-order chi connectivity index (χ1) is 16.8. The molecule has 0 spiro atoms. The Labute approximate surface area is 202 Å². The van der Waals surface area contributed by atoms with Gasteiger partial charge in [-0.2, -0.15) is 0 Å². The van der Waals surface area contributed by atoms with Gasteiger partial charge in [-0.05, 0) is 49.7 Å². The van der Waals surface area contributed by atoms with Crippen LogP contribution in [0, 0.1) is 18.7 Å². The van der Waals surface area contributed by atoms with E-state index in [2.05, 4.69) is 5.32 Å². The smallest absolute Gasteiger partial charge is 0.248 e. The summed E-state index contributed by atoms with van der Waals surface area (Å²) in [7, 11) is 1.53. The van der Waals surface area contributed by atoms with Gasteiger partial charge in [0.1, 0.15) is 11.6 Å². The molecule has 1 aliphatic heterocycles. The lowest BCUT2D eigenvalue weighted by Crippen LogP contribution is -2.47. The zero-order valence-electron chi connectivity index (χ0n) is 19.5. The summed E-state index contributed by atoms with van der Waals surface area (Å²) < 4.78 is 20.1. The van der Waals surface area contributed by atoms with Gasteiger partial charge < -0.3 is 20.7 Å². The second-order valence-corrected chi connectivity index (χ2v) is 8.48. The molecule has 7 nitrogen and oxygen atoms in total. The highest BCUT2D eigenvalue weighted by atomic mass is 19.1. The predicted octanol–water partition coefficient (Wildman–Crippen LogP) is 4.36. The lowest BCUT2D eigenvalue weighted by molar-refractivity contribution is -0.126. The third-order valence-corrected chi connectivity index (χ3v) is 6.21.